The number of para-hydroxylation sites is 1. The van der Waals surface area contributed by atoms with Gasteiger partial charge in [0, 0.05) is 11.8 Å². The zero-order chi connectivity index (χ0) is 10.7. The van der Waals surface area contributed by atoms with Crippen molar-refractivity contribution in [2.75, 3.05) is 5.32 Å². The number of hydrogen-bond donors (Lipinski definition) is 1. The third kappa shape index (κ3) is 1.96. The van der Waals surface area contributed by atoms with Crippen LogP contribution >= 0.6 is 0 Å². The van der Waals surface area contributed by atoms with Gasteiger partial charge in [0.2, 0.25) is 0 Å². The summed E-state index contributed by atoms with van der Waals surface area (Å²) in [6, 6.07) is 10.7. The number of nitro groups is 1. The predicted octanol–water partition coefficient (Wildman–Crippen LogP) is 2.93. The molecular weight excluding hydrogens is 196 g/mol. The van der Waals surface area contributed by atoms with Crippen LogP contribution in [0.15, 0.2) is 47.1 Å². The molecule has 0 atom stereocenters. The van der Waals surface area contributed by atoms with Crippen LogP contribution in [0.5, 0.6) is 0 Å². The van der Waals surface area contributed by atoms with Crippen molar-refractivity contribution in [3.05, 3.63) is 52.8 Å². The van der Waals surface area contributed by atoms with Crippen molar-refractivity contribution in [1.82, 2.24) is 0 Å². The highest BCUT2D eigenvalue weighted by Gasteiger charge is 2.17. The molecule has 0 saturated carbocycles. The first-order valence-electron chi connectivity index (χ1n) is 4.31. The number of benzene rings is 1. The number of nitrogens with zero attached hydrogens (tertiary/aromatic N) is 1. The molecule has 0 aliphatic carbocycles. The summed E-state index contributed by atoms with van der Waals surface area (Å²) in [5.74, 6) is -0.279. The molecule has 1 N–H and O–H groups in total. The molecule has 1 heterocycles. The molecule has 0 fully saturated rings. The van der Waals surface area contributed by atoms with Crippen molar-refractivity contribution in [2.45, 2.75) is 0 Å². The lowest BCUT2D eigenvalue weighted by atomic mass is 10.3. The lowest BCUT2D eigenvalue weighted by Crippen LogP contribution is -1.93. The minimum Gasteiger partial charge on any atom is -0.408 e. The summed E-state index contributed by atoms with van der Waals surface area (Å²) >= 11 is 0. The number of anilines is 2. The molecule has 5 heteroatoms. The SMILES string of the molecule is O=[N+]([O-])c1occc1Nc1ccccc1. The Balaban J connectivity index is 2.25. The van der Waals surface area contributed by atoms with E-state index in [0.717, 1.165) is 5.69 Å². The van der Waals surface area contributed by atoms with Crippen LogP contribution in [0.4, 0.5) is 17.3 Å². The van der Waals surface area contributed by atoms with E-state index in [0.29, 0.717) is 5.69 Å². The summed E-state index contributed by atoms with van der Waals surface area (Å²) in [5.41, 5.74) is 1.13. The van der Waals surface area contributed by atoms with E-state index < -0.39 is 4.92 Å². The second-order valence-electron chi connectivity index (χ2n) is 2.89. The number of rotatable bonds is 3. The Hall–Kier alpha value is -2.30. The molecule has 1 aromatic carbocycles. The van der Waals surface area contributed by atoms with Gasteiger partial charge in [-0.15, -0.1) is 0 Å². The molecule has 0 aliphatic rings. The Labute approximate surface area is 85.5 Å². The fraction of sp³-hybridized carbons (Fsp3) is 0. The molecule has 5 nitrogen and oxygen atoms in total. The maximum absolute atomic E-state index is 10.5. The molecule has 0 bridgehead atoms. The molecule has 0 saturated heterocycles. The van der Waals surface area contributed by atoms with Crippen molar-refractivity contribution in [3.63, 3.8) is 0 Å². The maximum atomic E-state index is 10.5. The summed E-state index contributed by atoms with van der Waals surface area (Å²) in [6.07, 6.45) is 1.28. The van der Waals surface area contributed by atoms with E-state index in [-0.39, 0.29) is 5.88 Å². The second-order valence-corrected chi connectivity index (χ2v) is 2.89. The van der Waals surface area contributed by atoms with Gasteiger partial charge in [0.05, 0.1) is 0 Å². The van der Waals surface area contributed by atoms with E-state index in [9.17, 15) is 10.1 Å². The van der Waals surface area contributed by atoms with Crippen LogP contribution in [-0.4, -0.2) is 4.92 Å². The van der Waals surface area contributed by atoms with Crippen LogP contribution in [0, 0.1) is 10.1 Å². The van der Waals surface area contributed by atoms with Gasteiger partial charge < -0.3 is 9.73 Å². The number of furan rings is 1. The highest BCUT2D eigenvalue weighted by molar-refractivity contribution is 5.65. The van der Waals surface area contributed by atoms with E-state index in [2.05, 4.69) is 5.32 Å². The first-order valence-corrected chi connectivity index (χ1v) is 4.31. The van der Waals surface area contributed by atoms with Gasteiger partial charge in [-0.3, -0.25) is 10.1 Å². The zero-order valence-electron chi connectivity index (χ0n) is 7.71. The van der Waals surface area contributed by atoms with Gasteiger partial charge in [-0.2, -0.15) is 0 Å². The fourth-order valence-electron chi connectivity index (χ4n) is 1.21. The summed E-state index contributed by atoms with van der Waals surface area (Å²) < 4.78 is 4.74. The molecular formula is C10H8N2O3. The van der Waals surface area contributed by atoms with E-state index in [4.69, 9.17) is 4.42 Å². The average molecular weight is 204 g/mol. The second kappa shape index (κ2) is 3.83. The standard InChI is InChI=1S/C10H8N2O3/c13-12(14)10-9(6-7-15-10)11-8-4-2-1-3-5-8/h1-7,11H. The Morgan fingerprint density at radius 2 is 1.93 bits per heavy atom. The van der Waals surface area contributed by atoms with E-state index in [1.165, 1.54) is 12.3 Å². The summed E-state index contributed by atoms with van der Waals surface area (Å²) in [5, 5.41) is 13.4. The van der Waals surface area contributed by atoms with Gasteiger partial charge in [0.1, 0.15) is 11.2 Å². The Bertz CT molecular complexity index is 465. The topological polar surface area (TPSA) is 68.3 Å². The summed E-state index contributed by atoms with van der Waals surface area (Å²) in [7, 11) is 0. The Morgan fingerprint density at radius 1 is 1.20 bits per heavy atom. The van der Waals surface area contributed by atoms with Crippen LogP contribution in [0.1, 0.15) is 0 Å². The molecule has 0 aliphatic heterocycles. The van der Waals surface area contributed by atoms with E-state index in [1.54, 1.807) is 0 Å². The van der Waals surface area contributed by atoms with E-state index >= 15 is 0 Å². The smallest absolute Gasteiger partial charge is 0.408 e. The zero-order valence-corrected chi connectivity index (χ0v) is 7.71. The third-order valence-corrected chi connectivity index (χ3v) is 1.86. The van der Waals surface area contributed by atoms with Crippen molar-refractivity contribution < 1.29 is 9.34 Å². The molecule has 76 valence electrons. The first kappa shape index (κ1) is 9.26. The predicted molar refractivity (Wildman–Crippen MR) is 55.1 cm³/mol. The molecule has 0 spiro atoms. The lowest BCUT2D eigenvalue weighted by Gasteiger charge is -2.01. The Morgan fingerprint density at radius 3 is 2.60 bits per heavy atom. The molecule has 1 aromatic heterocycles. The molecule has 2 rings (SSSR count). The minimum absolute atomic E-state index is 0.279. The van der Waals surface area contributed by atoms with Gasteiger partial charge in [-0.1, -0.05) is 18.2 Å². The van der Waals surface area contributed by atoms with Gasteiger partial charge in [0.15, 0.2) is 5.69 Å². The number of nitrogens with one attached hydrogen (secondary N) is 1. The first-order chi connectivity index (χ1) is 7.27. The van der Waals surface area contributed by atoms with Crippen LogP contribution in [0.25, 0.3) is 0 Å². The molecule has 0 amide bonds. The summed E-state index contributed by atoms with van der Waals surface area (Å²) in [4.78, 5) is 9.98. The minimum atomic E-state index is -0.564. The van der Waals surface area contributed by atoms with Crippen molar-refractivity contribution >= 4 is 17.3 Å². The molecule has 2 aromatic rings. The van der Waals surface area contributed by atoms with Crippen LogP contribution in [0.3, 0.4) is 0 Å². The highest BCUT2D eigenvalue weighted by atomic mass is 16.6. The fourth-order valence-corrected chi connectivity index (χ4v) is 1.21. The maximum Gasteiger partial charge on any atom is 0.456 e. The average Bonchev–Trinajstić information content (AvgIpc) is 2.67. The highest BCUT2D eigenvalue weighted by Crippen LogP contribution is 2.27. The Kier molecular flexibility index (Phi) is 2.37. The van der Waals surface area contributed by atoms with Gasteiger partial charge in [-0.05, 0) is 12.1 Å². The molecule has 0 unspecified atom stereocenters. The number of hydrogen-bond acceptors (Lipinski definition) is 4. The third-order valence-electron chi connectivity index (χ3n) is 1.86. The van der Waals surface area contributed by atoms with Crippen LogP contribution in [0.2, 0.25) is 0 Å². The monoisotopic (exact) mass is 204 g/mol. The molecule has 0 radical (unpaired) electrons. The van der Waals surface area contributed by atoms with Crippen LogP contribution < -0.4 is 5.32 Å². The molecule has 15 heavy (non-hydrogen) atoms. The quantitative estimate of drug-likeness (QED) is 0.616. The van der Waals surface area contributed by atoms with Crippen LogP contribution in [-0.2, 0) is 0 Å². The normalized spacial score (nSPS) is 9.87. The van der Waals surface area contributed by atoms with Gasteiger partial charge >= 0.3 is 5.88 Å². The van der Waals surface area contributed by atoms with Crippen molar-refractivity contribution in [3.8, 4) is 0 Å². The largest absolute Gasteiger partial charge is 0.456 e. The van der Waals surface area contributed by atoms with Gasteiger partial charge in [0.25, 0.3) is 0 Å². The van der Waals surface area contributed by atoms with E-state index in [1.807, 2.05) is 30.3 Å². The van der Waals surface area contributed by atoms with Gasteiger partial charge in [-0.25, -0.2) is 0 Å². The summed E-state index contributed by atoms with van der Waals surface area (Å²) in [6.45, 7) is 0. The lowest BCUT2D eigenvalue weighted by molar-refractivity contribution is -0.401. The van der Waals surface area contributed by atoms with Crippen molar-refractivity contribution in [1.29, 1.82) is 0 Å². The van der Waals surface area contributed by atoms with Crippen molar-refractivity contribution in [2.24, 2.45) is 0 Å².